The minimum atomic E-state index is 0.884. The van der Waals surface area contributed by atoms with E-state index in [1.165, 1.54) is 38.9 Å². The Kier molecular flexibility index (Phi) is 6.98. The summed E-state index contributed by atoms with van der Waals surface area (Å²) >= 11 is 0. The summed E-state index contributed by atoms with van der Waals surface area (Å²) in [6.45, 7) is 5.73. The van der Waals surface area contributed by atoms with Crippen molar-refractivity contribution in [2.24, 2.45) is 5.92 Å². The van der Waals surface area contributed by atoms with Crippen LogP contribution in [0.5, 0.6) is 0 Å². The lowest BCUT2D eigenvalue weighted by Crippen LogP contribution is -2.32. The molecule has 0 radical (unpaired) electrons. The third kappa shape index (κ3) is 6.13. The van der Waals surface area contributed by atoms with Crippen molar-refractivity contribution in [3.8, 4) is 0 Å². The van der Waals surface area contributed by atoms with Gasteiger partial charge >= 0.3 is 0 Å². The summed E-state index contributed by atoms with van der Waals surface area (Å²) < 4.78 is 5.05. The second kappa shape index (κ2) is 8.08. The molecule has 1 aliphatic heterocycles. The second-order valence-electron chi connectivity index (χ2n) is 4.65. The van der Waals surface area contributed by atoms with E-state index in [0.717, 1.165) is 25.5 Å². The maximum absolute atomic E-state index is 5.05. The molecule has 3 nitrogen and oxygen atoms in total. The van der Waals surface area contributed by atoms with E-state index in [1.807, 2.05) is 0 Å². The van der Waals surface area contributed by atoms with Crippen molar-refractivity contribution in [3.63, 3.8) is 0 Å². The van der Waals surface area contributed by atoms with Crippen LogP contribution in [-0.2, 0) is 4.74 Å². The molecule has 0 aromatic heterocycles. The van der Waals surface area contributed by atoms with Gasteiger partial charge in [0.15, 0.2) is 0 Å². The van der Waals surface area contributed by atoms with E-state index < -0.39 is 0 Å². The average Bonchev–Trinajstić information content (AvgIpc) is 2.28. The predicted octanol–water partition coefficient (Wildman–Crippen LogP) is 1.34. The van der Waals surface area contributed by atoms with E-state index in [9.17, 15) is 0 Å². The van der Waals surface area contributed by atoms with Crippen LogP contribution in [0, 0.1) is 5.92 Å². The third-order valence-corrected chi connectivity index (χ3v) is 3.21. The van der Waals surface area contributed by atoms with E-state index in [-0.39, 0.29) is 0 Å². The summed E-state index contributed by atoms with van der Waals surface area (Å²) in [7, 11) is 3.99. The molecule has 1 heterocycles. The lowest BCUT2D eigenvalue weighted by Gasteiger charge is -2.25. The van der Waals surface area contributed by atoms with Crippen LogP contribution in [0.1, 0.15) is 25.7 Å². The molecular weight excluding hydrogens is 188 g/mol. The Hall–Kier alpha value is -0.120. The Morgan fingerprint density at radius 3 is 2.93 bits per heavy atom. The fourth-order valence-electron chi connectivity index (χ4n) is 2.16. The van der Waals surface area contributed by atoms with Crippen molar-refractivity contribution in [2.45, 2.75) is 25.7 Å². The van der Waals surface area contributed by atoms with Gasteiger partial charge in [-0.05, 0) is 58.3 Å². The molecule has 0 aliphatic carbocycles. The summed E-state index contributed by atoms with van der Waals surface area (Å²) in [4.78, 5) is 2.42. The minimum absolute atomic E-state index is 0.884. The highest BCUT2D eigenvalue weighted by Crippen LogP contribution is 2.14. The van der Waals surface area contributed by atoms with Gasteiger partial charge in [0.25, 0.3) is 0 Å². The van der Waals surface area contributed by atoms with Gasteiger partial charge in [-0.1, -0.05) is 0 Å². The molecule has 1 aliphatic rings. The van der Waals surface area contributed by atoms with Crippen molar-refractivity contribution in [1.82, 2.24) is 10.2 Å². The first kappa shape index (κ1) is 12.9. The average molecular weight is 214 g/mol. The molecule has 15 heavy (non-hydrogen) atoms. The molecule has 90 valence electrons. The molecule has 0 aromatic carbocycles. The van der Waals surface area contributed by atoms with Gasteiger partial charge in [0, 0.05) is 20.3 Å². The number of piperidine rings is 1. The van der Waals surface area contributed by atoms with Gasteiger partial charge in [0.2, 0.25) is 0 Å². The first-order valence-corrected chi connectivity index (χ1v) is 6.21. The number of methoxy groups -OCH3 is 1. The monoisotopic (exact) mass is 214 g/mol. The highest BCUT2D eigenvalue weighted by atomic mass is 16.5. The number of ether oxygens (including phenoxy) is 1. The SMILES string of the molecule is COCCCN(C)CCC1CCCNC1. The van der Waals surface area contributed by atoms with E-state index in [0.29, 0.717) is 0 Å². The zero-order valence-corrected chi connectivity index (χ0v) is 10.3. The summed E-state index contributed by atoms with van der Waals surface area (Å²) in [6.07, 6.45) is 5.27. The number of hydrogen-bond acceptors (Lipinski definition) is 3. The van der Waals surface area contributed by atoms with Crippen molar-refractivity contribution < 1.29 is 4.74 Å². The summed E-state index contributed by atoms with van der Waals surface area (Å²) in [5.41, 5.74) is 0. The fourth-order valence-corrected chi connectivity index (χ4v) is 2.16. The van der Waals surface area contributed by atoms with Gasteiger partial charge in [-0.2, -0.15) is 0 Å². The molecule has 3 heteroatoms. The molecule has 0 amide bonds. The third-order valence-electron chi connectivity index (χ3n) is 3.21. The molecule has 0 aromatic rings. The maximum Gasteiger partial charge on any atom is 0.0474 e. The zero-order chi connectivity index (χ0) is 10.9. The molecule has 1 rings (SSSR count). The van der Waals surface area contributed by atoms with Gasteiger partial charge in [-0.15, -0.1) is 0 Å². The van der Waals surface area contributed by atoms with Crippen LogP contribution in [0.2, 0.25) is 0 Å². The van der Waals surface area contributed by atoms with Crippen LogP contribution in [0.4, 0.5) is 0 Å². The number of hydrogen-bond donors (Lipinski definition) is 1. The van der Waals surface area contributed by atoms with Crippen molar-refractivity contribution in [3.05, 3.63) is 0 Å². The first-order chi connectivity index (χ1) is 7.33. The van der Waals surface area contributed by atoms with Crippen LogP contribution >= 0.6 is 0 Å². The Morgan fingerprint density at radius 2 is 2.27 bits per heavy atom. The second-order valence-corrected chi connectivity index (χ2v) is 4.65. The number of nitrogens with zero attached hydrogens (tertiary/aromatic N) is 1. The van der Waals surface area contributed by atoms with E-state index in [2.05, 4.69) is 17.3 Å². The Morgan fingerprint density at radius 1 is 1.40 bits per heavy atom. The van der Waals surface area contributed by atoms with Crippen LogP contribution in [-0.4, -0.2) is 51.8 Å². The lowest BCUT2D eigenvalue weighted by atomic mass is 9.96. The van der Waals surface area contributed by atoms with Crippen LogP contribution in [0.3, 0.4) is 0 Å². The van der Waals surface area contributed by atoms with Gasteiger partial charge < -0.3 is 15.0 Å². The Bertz CT molecular complexity index is 147. The highest BCUT2D eigenvalue weighted by Gasteiger charge is 2.12. The van der Waals surface area contributed by atoms with Crippen LogP contribution < -0.4 is 5.32 Å². The van der Waals surface area contributed by atoms with Crippen molar-refractivity contribution in [1.29, 1.82) is 0 Å². The van der Waals surface area contributed by atoms with Gasteiger partial charge in [-0.25, -0.2) is 0 Å². The molecule has 1 atom stereocenters. The van der Waals surface area contributed by atoms with E-state index >= 15 is 0 Å². The standard InChI is InChI=1S/C12H26N2O/c1-14(8-4-10-15-2)9-6-12-5-3-7-13-11-12/h12-13H,3-11H2,1-2H3. The number of rotatable bonds is 7. The van der Waals surface area contributed by atoms with Crippen molar-refractivity contribution >= 4 is 0 Å². The topological polar surface area (TPSA) is 24.5 Å². The highest BCUT2D eigenvalue weighted by molar-refractivity contribution is 4.70. The molecule has 0 spiro atoms. The first-order valence-electron chi connectivity index (χ1n) is 6.21. The maximum atomic E-state index is 5.05. The lowest BCUT2D eigenvalue weighted by molar-refractivity contribution is 0.176. The molecule has 1 fully saturated rings. The predicted molar refractivity (Wildman–Crippen MR) is 64.2 cm³/mol. The summed E-state index contributed by atoms with van der Waals surface area (Å²) in [5.74, 6) is 0.906. The fraction of sp³-hybridized carbons (Fsp3) is 1.00. The summed E-state index contributed by atoms with van der Waals surface area (Å²) in [5, 5.41) is 3.47. The smallest absolute Gasteiger partial charge is 0.0474 e. The van der Waals surface area contributed by atoms with Crippen molar-refractivity contribution in [2.75, 3.05) is 46.9 Å². The Labute approximate surface area is 94.2 Å². The molecule has 0 bridgehead atoms. The van der Waals surface area contributed by atoms with Gasteiger partial charge in [-0.3, -0.25) is 0 Å². The zero-order valence-electron chi connectivity index (χ0n) is 10.3. The minimum Gasteiger partial charge on any atom is -0.385 e. The molecular formula is C12H26N2O. The van der Waals surface area contributed by atoms with Gasteiger partial charge in [0.1, 0.15) is 0 Å². The molecule has 1 unspecified atom stereocenters. The Balaban J connectivity index is 1.97. The quantitative estimate of drug-likeness (QED) is 0.647. The molecule has 1 saturated heterocycles. The molecule has 1 N–H and O–H groups in total. The summed E-state index contributed by atoms with van der Waals surface area (Å²) in [6, 6.07) is 0. The number of nitrogens with one attached hydrogen (secondary N) is 1. The largest absolute Gasteiger partial charge is 0.385 e. The van der Waals surface area contributed by atoms with Gasteiger partial charge in [0.05, 0.1) is 0 Å². The van der Waals surface area contributed by atoms with E-state index in [4.69, 9.17) is 4.74 Å². The van der Waals surface area contributed by atoms with E-state index in [1.54, 1.807) is 7.11 Å². The normalized spacial score (nSPS) is 22.2. The van der Waals surface area contributed by atoms with Crippen LogP contribution in [0.25, 0.3) is 0 Å². The molecule has 0 saturated carbocycles. The van der Waals surface area contributed by atoms with Crippen LogP contribution in [0.15, 0.2) is 0 Å².